The van der Waals surface area contributed by atoms with Crippen molar-refractivity contribution in [3.05, 3.63) is 69.3 Å². The third kappa shape index (κ3) is 7.35. The Labute approximate surface area is 182 Å². The summed E-state index contributed by atoms with van der Waals surface area (Å²) in [7, 11) is 0. The molecule has 154 valence electrons. The van der Waals surface area contributed by atoms with Gasteiger partial charge in [-0.05, 0) is 39.8 Å². The van der Waals surface area contributed by atoms with Crippen molar-refractivity contribution in [2.75, 3.05) is 6.61 Å². The number of nitrogens with one attached hydrogen (secondary N) is 2. The molecule has 3 amide bonds. The summed E-state index contributed by atoms with van der Waals surface area (Å²) in [6.45, 7) is -0.649. The predicted molar refractivity (Wildman–Crippen MR) is 115 cm³/mol. The molecule has 0 aromatic heterocycles. The number of carbonyl (C=O) groups excluding carboxylic acids is 3. The van der Waals surface area contributed by atoms with Gasteiger partial charge in [0.25, 0.3) is 0 Å². The summed E-state index contributed by atoms with van der Waals surface area (Å²) in [6.07, 6.45) is -0.673. The summed E-state index contributed by atoms with van der Waals surface area (Å²) in [5.41, 5.74) is 7.02. The number of carbonyl (C=O) groups is 3. The van der Waals surface area contributed by atoms with Crippen LogP contribution < -0.4 is 16.4 Å². The molecule has 5 N–H and O–H groups in total. The van der Waals surface area contributed by atoms with Gasteiger partial charge in [0.1, 0.15) is 18.7 Å². The van der Waals surface area contributed by atoms with Crippen molar-refractivity contribution in [1.82, 2.24) is 10.6 Å². The maximum Gasteiger partial charge on any atom is 0.408 e. The molecule has 0 saturated carbocycles. The first-order valence-corrected chi connectivity index (χ1v) is 9.89. The van der Waals surface area contributed by atoms with Crippen molar-refractivity contribution in [3.63, 3.8) is 0 Å². The zero-order chi connectivity index (χ0) is 21.2. The second kappa shape index (κ2) is 11.4. The molecule has 0 fully saturated rings. The SMILES string of the molecule is NC(=O)[C@@H](Cc1ccccc1I)NC(=O)[C@H](CO)NC(=O)OCc1ccccc1. The molecule has 2 rings (SSSR count). The van der Waals surface area contributed by atoms with E-state index in [1.807, 2.05) is 30.3 Å². The molecule has 0 aliphatic heterocycles. The molecular weight excluding hydrogens is 489 g/mol. The minimum Gasteiger partial charge on any atom is -0.445 e. The molecule has 2 atom stereocenters. The molecule has 0 radical (unpaired) electrons. The fourth-order valence-electron chi connectivity index (χ4n) is 2.48. The van der Waals surface area contributed by atoms with Gasteiger partial charge >= 0.3 is 6.09 Å². The number of primary amides is 1. The maximum absolute atomic E-state index is 12.4. The number of ether oxygens (including phenoxy) is 1. The summed E-state index contributed by atoms with van der Waals surface area (Å²) in [6, 6.07) is 14.1. The molecule has 0 saturated heterocycles. The highest BCUT2D eigenvalue weighted by atomic mass is 127. The highest BCUT2D eigenvalue weighted by Gasteiger charge is 2.26. The Morgan fingerprint density at radius 1 is 1.00 bits per heavy atom. The molecule has 0 heterocycles. The third-order valence-electron chi connectivity index (χ3n) is 4.05. The van der Waals surface area contributed by atoms with Gasteiger partial charge in [-0.25, -0.2) is 4.79 Å². The molecule has 29 heavy (non-hydrogen) atoms. The van der Waals surface area contributed by atoms with Crippen LogP contribution in [0, 0.1) is 3.57 Å². The molecule has 2 aromatic rings. The number of hydrogen-bond donors (Lipinski definition) is 4. The van der Waals surface area contributed by atoms with Crippen LogP contribution in [0.2, 0.25) is 0 Å². The Morgan fingerprint density at radius 3 is 2.28 bits per heavy atom. The lowest BCUT2D eigenvalue weighted by molar-refractivity contribution is -0.129. The summed E-state index contributed by atoms with van der Waals surface area (Å²) >= 11 is 2.12. The lowest BCUT2D eigenvalue weighted by Crippen LogP contribution is -2.55. The monoisotopic (exact) mass is 511 g/mol. The fourth-order valence-corrected chi connectivity index (χ4v) is 3.09. The van der Waals surface area contributed by atoms with Gasteiger partial charge in [-0.3, -0.25) is 9.59 Å². The first-order valence-electron chi connectivity index (χ1n) is 8.82. The van der Waals surface area contributed by atoms with Crippen molar-refractivity contribution in [3.8, 4) is 0 Å². The average Bonchev–Trinajstić information content (AvgIpc) is 2.72. The highest BCUT2D eigenvalue weighted by molar-refractivity contribution is 14.1. The van der Waals surface area contributed by atoms with Gasteiger partial charge in [0.05, 0.1) is 6.61 Å². The number of aliphatic hydroxyl groups excluding tert-OH is 1. The van der Waals surface area contributed by atoms with E-state index in [-0.39, 0.29) is 13.0 Å². The van der Waals surface area contributed by atoms with Gasteiger partial charge in [-0.1, -0.05) is 48.5 Å². The molecule has 0 unspecified atom stereocenters. The Bertz CT molecular complexity index is 847. The van der Waals surface area contributed by atoms with Crippen LogP contribution in [0.1, 0.15) is 11.1 Å². The first kappa shape index (κ1) is 22.6. The molecule has 9 heteroatoms. The Morgan fingerprint density at radius 2 is 1.66 bits per heavy atom. The van der Waals surface area contributed by atoms with Gasteiger partial charge in [0.15, 0.2) is 0 Å². The molecule has 8 nitrogen and oxygen atoms in total. The largest absolute Gasteiger partial charge is 0.445 e. The zero-order valence-electron chi connectivity index (χ0n) is 15.5. The quantitative estimate of drug-likeness (QED) is 0.375. The minimum atomic E-state index is -1.28. The Balaban J connectivity index is 1.93. The van der Waals surface area contributed by atoms with E-state index < -0.39 is 36.6 Å². The van der Waals surface area contributed by atoms with Crippen LogP contribution in [-0.4, -0.2) is 41.7 Å². The van der Waals surface area contributed by atoms with Crippen LogP contribution in [0.5, 0.6) is 0 Å². The van der Waals surface area contributed by atoms with E-state index in [4.69, 9.17) is 10.5 Å². The summed E-state index contributed by atoms with van der Waals surface area (Å²) < 4.78 is 5.96. The third-order valence-corrected chi connectivity index (χ3v) is 5.10. The number of aliphatic hydroxyl groups is 1. The summed E-state index contributed by atoms with van der Waals surface area (Å²) in [5.74, 6) is -1.46. The predicted octanol–water partition coefficient (Wildman–Crippen LogP) is 1.09. The lowest BCUT2D eigenvalue weighted by atomic mass is 10.1. The number of alkyl carbamates (subject to hydrolysis) is 1. The molecule has 0 aliphatic rings. The van der Waals surface area contributed by atoms with Crippen molar-refractivity contribution in [2.24, 2.45) is 5.73 Å². The number of amides is 3. The molecule has 0 aliphatic carbocycles. The normalized spacial score (nSPS) is 12.5. The van der Waals surface area contributed by atoms with Crippen LogP contribution in [-0.2, 0) is 27.4 Å². The lowest BCUT2D eigenvalue weighted by Gasteiger charge is -2.21. The standard InChI is InChI=1S/C20H22IN3O5/c21-15-9-5-4-8-14(15)10-16(18(22)26)23-19(27)17(11-25)24-20(28)29-12-13-6-2-1-3-7-13/h1-9,16-17,25H,10-12H2,(H2,22,26)(H,23,27)(H,24,28)/t16-,17+/m1/s1. The van der Waals surface area contributed by atoms with Crippen molar-refractivity contribution < 1.29 is 24.2 Å². The zero-order valence-corrected chi connectivity index (χ0v) is 17.7. The van der Waals surface area contributed by atoms with E-state index >= 15 is 0 Å². The smallest absolute Gasteiger partial charge is 0.408 e. The molecule has 2 aromatic carbocycles. The van der Waals surface area contributed by atoms with Crippen molar-refractivity contribution in [2.45, 2.75) is 25.1 Å². The number of benzene rings is 2. The van der Waals surface area contributed by atoms with Crippen molar-refractivity contribution in [1.29, 1.82) is 0 Å². The van der Waals surface area contributed by atoms with Gasteiger partial charge in [-0.15, -0.1) is 0 Å². The van der Waals surface area contributed by atoms with Crippen LogP contribution in [0.15, 0.2) is 54.6 Å². The van der Waals surface area contributed by atoms with Crippen LogP contribution in [0.3, 0.4) is 0 Å². The molecular formula is C20H22IN3O5. The van der Waals surface area contributed by atoms with Gasteiger partial charge < -0.3 is 26.2 Å². The van der Waals surface area contributed by atoms with E-state index in [9.17, 15) is 19.5 Å². The van der Waals surface area contributed by atoms with Crippen LogP contribution >= 0.6 is 22.6 Å². The second-order valence-corrected chi connectivity index (χ2v) is 7.36. The van der Waals surface area contributed by atoms with E-state index in [1.165, 1.54) is 0 Å². The fraction of sp³-hybridized carbons (Fsp3) is 0.250. The van der Waals surface area contributed by atoms with Crippen molar-refractivity contribution >= 4 is 40.5 Å². The number of nitrogens with two attached hydrogens (primary N) is 1. The minimum absolute atomic E-state index is 0.0167. The maximum atomic E-state index is 12.4. The van der Waals surface area contributed by atoms with Crippen LogP contribution in [0.4, 0.5) is 4.79 Å². The molecule has 0 spiro atoms. The highest BCUT2D eigenvalue weighted by Crippen LogP contribution is 2.13. The Hall–Kier alpha value is -2.66. The number of hydrogen-bond acceptors (Lipinski definition) is 5. The first-order chi connectivity index (χ1) is 13.9. The van der Waals surface area contributed by atoms with Gasteiger partial charge in [-0.2, -0.15) is 0 Å². The van der Waals surface area contributed by atoms with E-state index in [0.717, 1.165) is 14.7 Å². The van der Waals surface area contributed by atoms with Crippen LogP contribution in [0.25, 0.3) is 0 Å². The van der Waals surface area contributed by atoms with E-state index in [1.54, 1.807) is 24.3 Å². The summed E-state index contributed by atoms with van der Waals surface area (Å²) in [4.78, 5) is 36.1. The van der Waals surface area contributed by atoms with Gasteiger partial charge in [0, 0.05) is 9.99 Å². The Kier molecular flexibility index (Phi) is 8.87. The van der Waals surface area contributed by atoms with E-state index in [2.05, 4.69) is 33.2 Å². The number of rotatable bonds is 9. The summed E-state index contributed by atoms with van der Waals surface area (Å²) in [5, 5.41) is 14.2. The topological polar surface area (TPSA) is 131 Å². The number of halogens is 1. The van der Waals surface area contributed by atoms with Gasteiger partial charge in [0.2, 0.25) is 11.8 Å². The molecule has 0 bridgehead atoms. The second-order valence-electron chi connectivity index (χ2n) is 6.20. The van der Waals surface area contributed by atoms with E-state index in [0.29, 0.717) is 0 Å². The average molecular weight is 511 g/mol.